The lowest BCUT2D eigenvalue weighted by molar-refractivity contribution is -0.167. The monoisotopic (exact) mass is 270 g/mol. The fourth-order valence-corrected chi connectivity index (χ4v) is 1.90. The molecule has 1 rings (SSSR count). The van der Waals surface area contributed by atoms with Crippen molar-refractivity contribution in [3.05, 3.63) is 34.9 Å². The van der Waals surface area contributed by atoms with E-state index in [0.29, 0.717) is 10.6 Å². The molecular formula is C13H15ClO4. The molecule has 18 heavy (non-hydrogen) atoms. The van der Waals surface area contributed by atoms with Crippen LogP contribution in [0.25, 0.3) is 0 Å². The third kappa shape index (κ3) is 2.82. The first-order valence-corrected chi connectivity index (χ1v) is 5.73. The highest BCUT2D eigenvalue weighted by atomic mass is 35.5. The van der Waals surface area contributed by atoms with Crippen LogP contribution in [0.15, 0.2) is 24.3 Å². The van der Waals surface area contributed by atoms with E-state index in [0.717, 1.165) is 0 Å². The van der Waals surface area contributed by atoms with Crippen LogP contribution in [-0.4, -0.2) is 26.2 Å². The Labute approximate surface area is 111 Å². The Morgan fingerprint density at radius 3 is 2.11 bits per heavy atom. The first kappa shape index (κ1) is 14.5. The molecule has 0 spiro atoms. The van der Waals surface area contributed by atoms with E-state index in [4.69, 9.17) is 11.6 Å². The van der Waals surface area contributed by atoms with Crippen molar-refractivity contribution in [3.63, 3.8) is 0 Å². The molecule has 0 atom stereocenters. The van der Waals surface area contributed by atoms with Crippen molar-refractivity contribution in [2.45, 2.75) is 13.3 Å². The van der Waals surface area contributed by atoms with Gasteiger partial charge < -0.3 is 9.47 Å². The topological polar surface area (TPSA) is 52.6 Å². The van der Waals surface area contributed by atoms with E-state index in [-0.39, 0.29) is 6.42 Å². The van der Waals surface area contributed by atoms with Crippen molar-refractivity contribution in [1.29, 1.82) is 0 Å². The first-order valence-electron chi connectivity index (χ1n) is 5.36. The van der Waals surface area contributed by atoms with E-state index in [2.05, 4.69) is 9.47 Å². The number of hydrogen-bond acceptors (Lipinski definition) is 4. The molecular weight excluding hydrogens is 256 g/mol. The Morgan fingerprint density at radius 1 is 1.17 bits per heavy atom. The molecule has 98 valence electrons. The van der Waals surface area contributed by atoms with Gasteiger partial charge >= 0.3 is 11.9 Å². The molecule has 0 heterocycles. The number of benzene rings is 1. The smallest absolute Gasteiger partial charge is 0.323 e. The SMILES string of the molecule is COC(=O)C(C)(Cc1ccccc1Cl)C(=O)OC. The van der Waals surface area contributed by atoms with Gasteiger partial charge in [0.1, 0.15) is 0 Å². The molecule has 0 aliphatic heterocycles. The second-order valence-electron chi connectivity index (χ2n) is 4.08. The van der Waals surface area contributed by atoms with Gasteiger partial charge in [0.2, 0.25) is 0 Å². The molecule has 0 saturated carbocycles. The molecule has 0 amide bonds. The van der Waals surface area contributed by atoms with Crippen molar-refractivity contribution < 1.29 is 19.1 Å². The Bertz CT molecular complexity index is 440. The molecule has 0 N–H and O–H groups in total. The molecule has 0 bridgehead atoms. The summed E-state index contributed by atoms with van der Waals surface area (Å²) in [6, 6.07) is 7.02. The standard InChI is InChI=1S/C13H15ClO4/c1-13(11(15)17-2,12(16)18-3)8-9-6-4-5-7-10(9)14/h4-7H,8H2,1-3H3. The van der Waals surface area contributed by atoms with Crippen molar-refractivity contribution in [2.75, 3.05) is 14.2 Å². The Morgan fingerprint density at radius 2 is 1.67 bits per heavy atom. The fourth-order valence-electron chi connectivity index (χ4n) is 1.70. The minimum absolute atomic E-state index is 0.131. The molecule has 5 heteroatoms. The van der Waals surface area contributed by atoms with Crippen LogP contribution < -0.4 is 0 Å². The number of halogens is 1. The van der Waals surface area contributed by atoms with Crippen LogP contribution in [0.5, 0.6) is 0 Å². The molecule has 0 fully saturated rings. The van der Waals surface area contributed by atoms with Gasteiger partial charge in [0.05, 0.1) is 14.2 Å². The van der Waals surface area contributed by atoms with Crippen LogP contribution in [0.3, 0.4) is 0 Å². The minimum Gasteiger partial charge on any atom is -0.468 e. The quantitative estimate of drug-likeness (QED) is 0.622. The van der Waals surface area contributed by atoms with Gasteiger partial charge in [-0.2, -0.15) is 0 Å². The predicted octanol–water partition coefficient (Wildman–Crippen LogP) is 2.23. The molecule has 0 aliphatic carbocycles. The number of carbonyl (C=O) groups is 2. The summed E-state index contributed by atoms with van der Waals surface area (Å²) >= 11 is 6.02. The van der Waals surface area contributed by atoms with Crippen LogP contribution in [0.4, 0.5) is 0 Å². The average Bonchev–Trinajstić information content (AvgIpc) is 2.39. The van der Waals surface area contributed by atoms with E-state index in [1.807, 2.05) is 0 Å². The maximum atomic E-state index is 11.8. The van der Waals surface area contributed by atoms with Crippen LogP contribution in [-0.2, 0) is 25.5 Å². The zero-order chi connectivity index (χ0) is 13.8. The maximum Gasteiger partial charge on any atom is 0.323 e. The third-order valence-electron chi connectivity index (χ3n) is 2.77. The van der Waals surface area contributed by atoms with Crippen molar-refractivity contribution in [3.8, 4) is 0 Å². The van der Waals surface area contributed by atoms with E-state index in [1.54, 1.807) is 24.3 Å². The second-order valence-corrected chi connectivity index (χ2v) is 4.49. The highest BCUT2D eigenvalue weighted by Gasteiger charge is 2.44. The van der Waals surface area contributed by atoms with E-state index in [9.17, 15) is 9.59 Å². The Balaban J connectivity index is 3.11. The Kier molecular flexibility index (Phi) is 4.73. The molecule has 1 aromatic rings. The summed E-state index contributed by atoms with van der Waals surface area (Å²) in [4.78, 5) is 23.6. The maximum absolute atomic E-state index is 11.8. The van der Waals surface area contributed by atoms with E-state index >= 15 is 0 Å². The summed E-state index contributed by atoms with van der Waals surface area (Å²) in [7, 11) is 2.46. The number of carbonyl (C=O) groups excluding carboxylic acids is 2. The van der Waals surface area contributed by atoms with Gasteiger partial charge in [0.15, 0.2) is 5.41 Å². The molecule has 1 aromatic carbocycles. The number of methoxy groups -OCH3 is 2. The van der Waals surface area contributed by atoms with E-state index in [1.165, 1.54) is 21.1 Å². The molecule has 0 saturated heterocycles. The van der Waals surface area contributed by atoms with Crippen LogP contribution in [0, 0.1) is 5.41 Å². The number of hydrogen-bond donors (Lipinski definition) is 0. The zero-order valence-corrected chi connectivity index (χ0v) is 11.3. The molecule has 4 nitrogen and oxygen atoms in total. The normalized spacial score (nSPS) is 10.9. The third-order valence-corrected chi connectivity index (χ3v) is 3.14. The lowest BCUT2D eigenvalue weighted by Crippen LogP contribution is -2.40. The summed E-state index contributed by atoms with van der Waals surface area (Å²) in [5.74, 6) is -1.29. The second kappa shape index (κ2) is 5.87. The Hall–Kier alpha value is -1.55. The highest BCUT2D eigenvalue weighted by Crippen LogP contribution is 2.29. The number of rotatable bonds is 4. The average molecular weight is 271 g/mol. The van der Waals surface area contributed by atoms with E-state index < -0.39 is 17.4 Å². The summed E-state index contributed by atoms with van der Waals surface area (Å²) in [6.07, 6.45) is 0.131. The van der Waals surface area contributed by atoms with Crippen LogP contribution in [0.1, 0.15) is 12.5 Å². The molecule has 0 aliphatic rings. The lowest BCUT2D eigenvalue weighted by Gasteiger charge is -2.24. The molecule has 0 aromatic heterocycles. The number of esters is 2. The van der Waals surface area contributed by atoms with Crippen molar-refractivity contribution in [2.24, 2.45) is 5.41 Å². The van der Waals surface area contributed by atoms with Gasteiger partial charge in [-0.25, -0.2) is 0 Å². The van der Waals surface area contributed by atoms with Crippen molar-refractivity contribution >= 4 is 23.5 Å². The summed E-state index contributed by atoms with van der Waals surface area (Å²) in [5, 5.41) is 0.497. The highest BCUT2D eigenvalue weighted by molar-refractivity contribution is 6.31. The fraction of sp³-hybridized carbons (Fsp3) is 0.385. The molecule has 0 unspecified atom stereocenters. The largest absolute Gasteiger partial charge is 0.468 e. The lowest BCUT2D eigenvalue weighted by atomic mass is 9.83. The van der Waals surface area contributed by atoms with Gasteiger partial charge in [-0.15, -0.1) is 0 Å². The zero-order valence-electron chi connectivity index (χ0n) is 10.5. The summed E-state index contributed by atoms with van der Waals surface area (Å²) in [6.45, 7) is 1.48. The predicted molar refractivity (Wildman–Crippen MR) is 67.3 cm³/mol. The van der Waals surface area contributed by atoms with Gasteiger partial charge in [0, 0.05) is 11.4 Å². The minimum atomic E-state index is -1.39. The van der Waals surface area contributed by atoms with Gasteiger partial charge in [-0.1, -0.05) is 29.8 Å². The van der Waals surface area contributed by atoms with Gasteiger partial charge in [-0.05, 0) is 18.6 Å². The summed E-state index contributed by atoms with van der Waals surface area (Å²) in [5.41, 5.74) is -0.702. The molecule has 0 radical (unpaired) electrons. The summed E-state index contributed by atoms with van der Waals surface area (Å²) < 4.78 is 9.34. The first-order chi connectivity index (χ1) is 8.45. The van der Waals surface area contributed by atoms with Gasteiger partial charge in [0.25, 0.3) is 0 Å². The van der Waals surface area contributed by atoms with Crippen LogP contribution in [0.2, 0.25) is 5.02 Å². The van der Waals surface area contributed by atoms with Gasteiger partial charge in [-0.3, -0.25) is 9.59 Å². The van der Waals surface area contributed by atoms with Crippen molar-refractivity contribution in [1.82, 2.24) is 0 Å². The number of ether oxygens (including phenoxy) is 2. The van der Waals surface area contributed by atoms with Crippen LogP contribution >= 0.6 is 11.6 Å².